The maximum Gasteiger partial charge on any atom is 0.313 e. The second-order valence-corrected chi connectivity index (χ2v) is 4.67. The second-order valence-electron chi connectivity index (χ2n) is 3.07. The van der Waals surface area contributed by atoms with Crippen molar-refractivity contribution in [1.82, 2.24) is 9.97 Å². The van der Waals surface area contributed by atoms with E-state index in [-0.39, 0.29) is 5.69 Å². The first kappa shape index (κ1) is 11.9. The number of rotatable bonds is 3. The summed E-state index contributed by atoms with van der Waals surface area (Å²) < 4.78 is 0.784. The Morgan fingerprint density at radius 1 is 1.53 bits per heavy atom. The van der Waals surface area contributed by atoms with Crippen LogP contribution < -0.4 is 5.32 Å². The van der Waals surface area contributed by atoms with E-state index in [9.17, 15) is 10.1 Å². The zero-order valence-corrected chi connectivity index (χ0v) is 11.1. The van der Waals surface area contributed by atoms with Crippen LogP contribution in [0.15, 0.2) is 21.4 Å². The van der Waals surface area contributed by atoms with Gasteiger partial charge in [0.05, 0.1) is 4.92 Å². The first-order valence-electron chi connectivity index (χ1n) is 4.54. The van der Waals surface area contributed by atoms with Crippen LogP contribution in [0.4, 0.5) is 11.6 Å². The summed E-state index contributed by atoms with van der Waals surface area (Å²) in [5, 5.41) is 17.3. The fourth-order valence-electron chi connectivity index (χ4n) is 1.28. The van der Waals surface area contributed by atoms with Crippen molar-refractivity contribution in [3.05, 3.63) is 31.5 Å². The number of hydrogen-bond acceptors (Lipinski definition) is 6. The molecule has 2 heterocycles. The molecule has 0 atom stereocenters. The van der Waals surface area contributed by atoms with Gasteiger partial charge < -0.3 is 5.32 Å². The molecule has 0 saturated carbocycles. The largest absolute Gasteiger partial charge is 0.357 e. The summed E-state index contributed by atoms with van der Waals surface area (Å²) in [6.45, 7) is 0. The number of hydrogen-bond donors (Lipinski definition) is 1. The molecule has 0 unspecified atom stereocenters. The van der Waals surface area contributed by atoms with Crippen LogP contribution in [0.25, 0.3) is 11.3 Å². The summed E-state index contributed by atoms with van der Waals surface area (Å²) in [6.07, 6.45) is 1.21. The molecular formula is C9H7BrN4O2S. The molecule has 0 radical (unpaired) electrons. The maximum absolute atomic E-state index is 10.9. The fourth-order valence-corrected chi connectivity index (χ4v) is 2.74. The summed E-state index contributed by atoms with van der Waals surface area (Å²) in [4.78, 5) is 18.4. The Balaban J connectivity index is 2.65. The number of anilines is 1. The molecule has 2 aromatic rings. The Labute approximate surface area is 109 Å². The topological polar surface area (TPSA) is 81.0 Å². The van der Waals surface area contributed by atoms with E-state index in [1.165, 1.54) is 17.5 Å². The second kappa shape index (κ2) is 4.76. The summed E-state index contributed by atoms with van der Waals surface area (Å²) in [5.74, 6) is 0.351. The lowest BCUT2D eigenvalue weighted by atomic mass is 10.2. The molecule has 0 aliphatic rings. The SMILES string of the molecule is CNc1ncc([N+](=O)[O-])c(-c2cscc2Br)n1. The average Bonchev–Trinajstić information content (AvgIpc) is 2.74. The van der Waals surface area contributed by atoms with Crippen molar-refractivity contribution in [1.29, 1.82) is 0 Å². The molecule has 8 heteroatoms. The number of halogens is 1. The van der Waals surface area contributed by atoms with Gasteiger partial charge in [0.2, 0.25) is 5.95 Å². The third kappa shape index (κ3) is 2.27. The van der Waals surface area contributed by atoms with Gasteiger partial charge in [-0.3, -0.25) is 10.1 Å². The molecule has 17 heavy (non-hydrogen) atoms. The molecule has 0 amide bonds. The minimum Gasteiger partial charge on any atom is -0.357 e. The van der Waals surface area contributed by atoms with Gasteiger partial charge in [-0.15, -0.1) is 0 Å². The smallest absolute Gasteiger partial charge is 0.313 e. The van der Waals surface area contributed by atoms with Gasteiger partial charge in [-0.2, -0.15) is 11.3 Å². The molecule has 0 aliphatic heterocycles. The Morgan fingerprint density at radius 3 is 2.82 bits per heavy atom. The molecule has 0 spiro atoms. The van der Waals surface area contributed by atoms with Gasteiger partial charge in [-0.25, -0.2) is 9.97 Å². The molecule has 6 nitrogen and oxygen atoms in total. The number of nitro groups is 1. The van der Waals surface area contributed by atoms with Crippen LogP contribution in [0, 0.1) is 10.1 Å². The van der Waals surface area contributed by atoms with E-state index in [2.05, 4.69) is 31.2 Å². The quantitative estimate of drug-likeness (QED) is 0.696. The predicted octanol–water partition coefficient (Wildman–Crippen LogP) is 2.92. The van der Waals surface area contributed by atoms with Crippen molar-refractivity contribution in [3.8, 4) is 11.3 Å². The van der Waals surface area contributed by atoms with Gasteiger partial charge in [-0.1, -0.05) is 0 Å². The highest BCUT2D eigenvalue weighted by molar-refractivity contribution is 9.10. The van der Waals surface area contributed by atoms with Crippen molar-refractivity contribution in [2.24, 2.45) is 0 Å². The van der Waals surface area contributed by atoms with Crippen LogP contribution in [0.3, 0.4) is 0 Å². The van der Waals surface area contributed by atoms with Gasteiger partial charge in [0.15, 0.2) is 5.69 Å². The zero-order valence-electron chi connectivity index (χ0n) is 8.68. The van der Waals surface area contributed by atoms with Crippen LogP contribution in [-0.2, 0) is 0 Å². The average molecular weight is 315 g/mol. The number of nitrogens with one attached hydrogen (secondary N) is 1. The van der Waals surface area contributed by atoms with Crippen molar-refractivity contribution < 1.29 is 4.92 Å². The molecule has 0 fully saturated rings. The van der Waals surface area contributed by atoms with Crippen molar-refractivity contribution >= 4 is 38.9 Å². The van der Waals surface area contributed by atoms with Crippen LogP contribution in [-0.4, -0.2) is 21.9 Å². The third-order valence-corrected chi connectivity index (χ3v) is 3.76. The molecule has 0 bridgehead atoms. The van der Waals surface area contributed by atoms with Crippen molar-refractivity contribution in [2.75, 3.05) is 12.4 Å². The Kier molecular flexibility index (Phi) is 3.34. The van der Waals surface area contributed by atoms with E-state index in [1.807, 2.05) is 5.38 Å². The lowest BCUT2D eigenvalue weighted by Gasteiger charge is -2.03. The van der Waals surface area contributed by atoms with Crippen LogP contribution in [0.5, 0.6) is 0 Å². The predicted molar refractivity (Wildman–Crippen MR) is 69.2 cm³/mol. The third-order valence-electron chi connectivity index (χ3n) is 2.06. The summed E-state index contributed by atoms with van der Waals surface area (Å²) in [6, 6.07) is 0. The minimum atomic E-state index is -0.487. The van der Waals surface area contributed by atoms with Crippen LogP contribution in [0.1, 0.15) is 0 Å². The highest BCUT2D eigenvalue weighted by atomic mass is 79.9. The number of aromatic nitrogens is 2. The standard InChI is InChI=1S/C9H7BrN4O2S/c1-11-9-12-2-7(14(15)16)8(13-9)5-3-17-4-6(5)10/h2-4H,1H3,(H,11,12,13). The van der Waals surface area contributed by atoms with E-state index in [0.717, 1.165) is 4.47 Å². The number of nitrogens with zero attached hydrogens (tertiary/aromatic N) is 3. The van der Waals surface area contributed by atoms with E-state index < -0.39 is 4.92 Å². The van der Waals surface area contributed by atoms with E-state index in [4.69, 9.17) is 0 Å². The van der Waals surface area contributed by atoms with Gasteiger partial charge in [0.1, 0.15) is 6.20 Å². The molecule has 88 valence electrons. The van der Waals surface area contributed by atoms with Gasteiger partial charge >= 0.3 is 5.69 Å². The van der Waals surface area contributed by atoms with E-state index >= 15 is 0 Å². The van der Waals surface area contributed by atoms with Gasteiger partial charge in [0.25, 0.3) is 0 Å². The fraction of sp³-hybridized carbons (Fsp3) is 0.111. The van der Waals surface area contributed by atoms with Gasteiger partial charge in [0, 0.05) is 27.8 Å². The maximum atomic E-state index is 10.9. The van der Waals surface area contributed by atoms with Crippen molar-refractivity contribution in [3.63, 3.8) is 0 Å². The van der Waals surface area contributed by atoms with Gasteiger partial charge in [-0.05, 0) is 15.9 Å². The normalized spacial score (nSPS) is 10.2. The lowest BCUT2D eigenvalue weighted by Crippen LogP contribution is -2.01. The monoisotopic (exact) mass is 314 g/mol. The minimum absolute atomic E-state index is 0.108. The Bertz CT molecular complexity index is 572. The molecule has 2 aromatic heterocycles. The van der Waals surface area contributed by atoms with Crippen LogP contribution in [0.2, 0.25) is 0 Å². The highest BCUT2D eigenvalue weighted by Gasteiger charge is 2.20. The molecule has 0 aliphatic carbocycles. The molecular weight excluding hydrogens is 308 g/mol. The lowest BCUT2D eigenvalue weighted by molar-refractivity contribution is -0.384. The Hall–Kier alpha value is -1.54. The van der Waals surface area contributed by atoms with E-state index in [1.54, 1.807) is 12.4 Å². The highest BCUT2D eigenvalue weighted by Crippen LogP contribution is 2.35. The Morgan fingerprint density at radius 2 is 2.29 bits per heavy atom. The molecule has 2 rings (SSSR count). The van der Waals surface area contributed by atoms with Crippen molar-refractivity contribution in [2.45, 2.75) is 0 Å². The summed E-state index contributed by atoms with van der Waals surface area (Å²) >= 11 is 4.78. The number of thiophene rings is 1. The molecule has 0 aromatic carbocycles. The molecule has 1 N–H and O–H groups in total. The first-order valence-corrected chi connectivity index (χ1v) is 6.28. The first-order chi connectivity index (χ1) is 8.13. The molecule has 0 saturated heterocycles. The summed E-state index contributed by atoms with van der Waals surface area (Å²) in [7, 11) is 1.66. The zero-order chi connectivity index (χ0) is 12.4. The van der Waals surface area contributed by atoms with E-state index in [0.29, 0.717) is 17.2 Å². The summed E-state index contributed by atoms with van der Waals surface area (Å²) in [5.41, 5.74) is 0.895. The van der Waals surface area contributed by atoms with Crippen LogP contribution >= 0.6 is 27.3 Å².